The van der Waals surface area contributed by atoms with Gasteiger partial charge in [-0.25, -0.2) is 0 Å². The van der Waals surface area contributed by atoms with Gasteiger partial charge in [-0.2, -0.15) is 0 Å². The Bertz CT molecular complexity index is 3510. The van der Waals surface area contributed by atoms with Crippen LogP contribution < -0.4 is 20.6 Å². The fraction of sp³-hybridized carbons (Fsp3) is 0.0714. The highest BCUT2D eigenvalue weighted by molar-refractivity contribution is 6.94. The van der Waals surface area contributed by atoms with Crippen molar-refractivity contribution in [3.05, 3.63) is 194 Å². The van der Waals surface area contributed by atoms with E-state index in [0.717, 1.165) is 11.4 Å². The maximum absolute atomic E-state index is 2.62. The molecule has 0 unspecified atom stereocenters. The van der Waals surface area contributed by atoms with Crippen molar-refractivity contribution in [2.45, 2.75) is 26.2 Å². The van der Waals surface area contributed by atoms with Gasteiger partial charge in [0.1, 0.15) is 0 Å². The second-order valence-electron chi connectivity index (χ2n) is 17.7. The van der Waals surface area contributed by atoms with E-state index in [1.807, 2.05) is 0 Å². The number of nitrogens with zero attached hydrogens (tertiary/aromatic N) is 3. The van der Waals surface area contributed by atoms with Crippen molar-refractivity contribution in [3.63, 3.8) is 0 Å². The van der Waals surface area contributed by atoms with Crippen LogP contribution in [0, 0.1) is 0 Å². The second kappa shape index (κ2) is 12.1. The summed E-state index contributed by atoms with van der Waals surface area (Å²) in [4.78, 5) is 5.22. The molecule has 0 radical (unpaired) electrons. The summed E-state index contributed by atoms with van der Waals surface area (Å²) in [5.74, 6) is 0. The third-order valence-corrected chi connectivity index (χ3v) is 13.4. The van der Waals surface area contributed by atoms with Gasteiger partial charge in [-0.05, 0) is 110 Å². The average molecular weight is 766 g/mol. The third kappa shape index (κ3) is 4.51. The molecule has 4 heteroatoms. The molecular formula is C56H40BN3. The van der Waals surface area contributed by atoms with E-state index >= 15 is 0 Å². The zero-order chi connectivity index (χ0) is 39.9. The Morgan fingerprint density at radius 1 is 0.450 bits per heavy atom. The van der Waals surface area contributed by atoms with Gasteiger partial charge in [0.15, 0.2) is 0 Å². The van der Waals surface area contributed by atoms with Crippen molar-refractivity contribution < 1.29 is 0 Å². The van der Waals surface area contributed by atoms with Crippen LogP contribution in [0.15, 0.2) is 188 Å². The van der Waals surface area contributed by atoms with Gasteiger partial charge >= 0.3 is 6.85 Å². The lowest BCUT2D eigenvalue weighted by atomic mass is 9.43. The lowest BCUT2D eigenvalue weighted by Crippen LogP contribution is -2.61. The van der Waals surface area contributed by atoms with Crippen molar-refractivity contribution in [1.29, 1.82) is 0 Å². The van der Waals surface area contributed by atoms with Crippen LogP contribution in [0.3, 0.4) is 0 Å². The van der Waals surface area contributed by atoms with E-state index in [4.69, 9.17) is 0 Å². The fourth-order valence-corrected chi connectivity index (χ4v) is 10.8. The summed E-state index contributed by atoms with van der Waals surface area (Å²) in [7, 11) is 0. The Morgan fingerprint density at radius 2 is 1.07 bits per heavy atom. The molecule has 10 aromatic carbocycles. The molecule has 60 heavy (non-hydrogen) atoms. The smallest absolute Gasteiger partial charge is 0.333 e. The van der Waals surface area contributed by atoms with Gasteiger partial charge in [-0.15, -0.1) is 0 Å². The lowest BCUT2D eigenvalue weighted by Gasteiger charge is -2.46. The van der Waals surface area contributed by atoms with Crippen LogP contribution in [0.4, 0.5) is 28.4 Å². The van der Waals surface area contributed by atoms with Crippen LogP contribution in [-0.2, 0) is 5.41 Å². The number of hydrogen-bond acceptors (Lipinski definition) is 2. The molecule has 0 N–H and O–H groups in total. The van der Waals surface area contributed by atoms with Crippen LogP contribution in [0.1, 0.15) is 26.3 Å². The zero-order valence-electron chi connectivity index (χ0n) is 33.8. The SMILES string of the molecule is CC(C)(C)c1cc2ccc3c4c5c(c6ccc(c1)c2c36)N(c1ccccc1)c1cc2c3ccccc3n(-c3ccccc3)c2cc1B5N(c1ccccc1)c1ccccc1-4. The number of fused-ring (bicyclic) bond motifs is 9. The Labute approximate surface area is 349 Å². The van der Waals surface area contributed by atoms with Gasteiger partial charge in [0, 0.05) is 55.5 Å². The minimum Gasteiger partial charge on any atom is -0.376 e. The highest BCUT2D eigenvalue weighted by Gasteiger charge is 2.47. The van der Waals surface area contributed by atoms with Gasteiger partial charge in [0.2, 0.25) is 0 Å². The largest absolute Gasteiger partial charge is 0.376 e. The number of benzene rings is 10. The minimum atomic E-state index is -0.122. The summed E-state index contributed by atoms with van der Waals surface area (Å²) >= 11 is 0. The summed E-state index contributed by atoms with van der Waals surface area (Å²) in [6, 6.07) is 70.5. The van der Waals surface area contributed by atoms with Crippen molar-refractivity contribution >= 4 is 100 Å². The molecular weight excluding hydrogens is 725 g/mol. The number of rotatable bonds is 3. The Morgan fingerprint density at radius 3 is 1.78 bits per heavy atom. The second-order valence-corrected chi connectivity index (χ2v) is 17.7. The van der Waals surface area contributed by atoms with Crippen LogP contribution in [0.25, 0.3) is 70.9 Å². The molecule has 11 aromatic rings. The van der Waals surface area contributed by atoms with Gasteiger partial charge < -0.3 is 14.3 Å². The Hall–Kier alpha value is -7.30. The van der Waals surface area contributed by atoms with E-state index in [1.54, 1.807) is 0 Å². The highest BCUT2D eigenvalue weighted by Crippen LogP contribution is 2.53. The minimum absolute atomic E-state index is 0.0332. The molecule has 0 aliphatic carbocycles. The Balaban J connectivity index is 1.25. The molecule has 0 bridgehead atoms. The van der Waals surface area contributed by atoms with Crippen LogP contribution in [0.2, 0.25) is 0 Å². The molecule has 282 valence electrons. The van der Waals surface area contributed by atoms with Gasteiger partial charge in [-0.1, -0.05) is 148 Å². The molecule has 1 aromatic heterocycles. The molecule has 0 amide bonds. The first-order chi connectivity index (χ1) is 29.4. The number of hydrogen-bond donors (Lipinski definition) is 0. The summed E-state index contributed by atoms with van der Waals surface area (Å²) < 4.78 is 2.46. The van der Waals surface area contributed by atoms with Gasteiger partial charge in [-0.3, -0.25) is 0 Å². The van der Waals surface area contributed by atoms with Crippen molar-refractivity contribution in [2.75, 3.05) is 9.71 Å². The topological polar surface area (TPSA) is 11.4 Å². The van der Waals surface area contributed by atoms with E-state index in [0.29, 0.717) is 0 Å². The van der Waals surface area contributed by atoms with E-state index in [2.05, 4.69) is 223 Å². The van der Waals surface area contributed by atoms with Gasteiger partial charge in [0.25, 0.3) is 0 Å². The molecule has 0 saturated carbocycles. The highest BCUT2D eigenvalue weighted by atomic mass is 15.2. The predicted molar refractivity (Wildman–Crippen MR) is 257 cm³/mol. The normalized spacial score (nSPS) is 13.5. The van der Waals surface area contributed by atoms with Crippen LogP contribution in [-0.4, -0.2) is 11.4 Å². The molecule has 0 spiro atoms. The van der Waals surface area contributed by atoms with E-state index in [9.17, 15) is 0 Å². The average Bonchev–Trinajstić information content (AvgIpc) is 3.61. The van der Waals surface area contributed by atoms with E-state index in [1.165, 1.54) is 104 Å². The molecule has 3 nitrogen and oxygen atoms in total. The lowest BCUT2D eigenvalue weighted by molar-refractivity contribution is 0.591. The first-order valence-corrected chi connectivity index (χ1v) is 21.1. The molecule has 3 heterocycles. The predicted octanol–water partition coefficient (Wildman–Crippen LogP) is 13.7. The van der Waals surface area contributed by atoms with Crippen molar-refractivity contribution in [2.24, 2.45) is 0 Å². The monoisotopic (exact) mass is 765 g/mol. The van der Waals surface area contributed by atoms with Crippen molar-refractivity contribution in [3.8, 4) is 16.8 Å². The summed E-state index contributed by atoms with van der Waals surface area (Å²) in [5, 5.41) is 10.4. The maximum Gasteiger partial charge on any atom is 0.333 e. The Kier molecular flexibility index (Phi) is 6.80. The standard InChI is InChI=1S/C56H40BN3/c1-56(2,3)37-31-35-27-29-43-52-44(30-28-36(32-37)51(35)52)55-54-53(43)42-24-14-16-26-48(42)60(40-21-11-6-12-22-40)57(54)46-34-49-45(33-50(46)59(55)39-19-9-5-10-20-39)41-23-13-15-25-47(41)58(49)38-17-7-4-8-18-38/h4-34H,1-3H3. The number of para-hydroxylation sites is 5. The summed E-state index contributed by atoms with van der Waals surface area (Å²) in [6.07, 6.45) is 0. The van der Waals surface area contributed by atoms with E-state index < -0.39 is 0 Å². The third-order valence-electron chi connectivity index (χ3n) is 13.4. The van der Waals surface area contributed by atoms with E-state index in [-0.39, 0.29) is 12.3 Å². The fourth-order valence-electron chi connectivity index (χ4n) is 10.8. The number of aromatic nitrogens is 1. The summed E-state index contributed by atoms with van der Waals surface area (Å²) in [6.45, 7) is 6.83. The molecule has 2 aliphatic rings. The first-order valence-electron chi connectivity index (χ1n) is 21.1. The molecule has 2 aliphatic heterocycles. The first kappa shape index (κ1) is 33.7. The molecule has 13 rings (SSSR count). The quantitative estimate of drug-likeness (QED) is 0.131. The molecule has 0 atom stereocenters. The summed E-state index contributed by atoms with van der Waals surface area (Å²) in [5.41, 5.74) is 16.2. The maximum atomic E-state index is 2.62. The zero-order valence-corrected chi connectivity index (χ0v) is 33.8. The van der Waals surface area contributed by atoms with Crippen molar-refractivity contribution in [1.82, 2.24) is 4.57 Å². The van der Waals surface area contributed by atoms with Crippen LogP contribution >= 0.6 is 0 Å². The van der Waals surface area contributed by atoms with Crippen LogP contribution in [0.5, 0.6) is 0 Å². The van der Waals surface area contributed by atoms with Gasteiger partial charge in [0.05, 0.1) is 16.7 Å². The molecule has 0 saturated heterocycles. The number of anilines is 5. The molecule has 0 fully saturated rings.